The fourth-order valence-electron chi connectivity index (χ4n) is 0.871. The van der Waals surface area contributed by atoms with Crippen molar-refractivity contribution in [2.24, 2.45) is 0 Å². The number of hydrogen-bond donors (Lipinski definition) is 2. The molecular weight excluding hydrogens is 158 g/mol. The summed E-state index contributed by atoms with van der Waals surface area (Å²) in [6, 6.07) is 1.20. The number of aromatic carboxylic acids is 1. The first-order valence-electron chi connectivity index (χ1n) is 3.56. The molecule has 1 heterocycles. The normalized spacial score (nSPS) is 9.75. The number of carboxylic acid groups (broad SMARTS) is 1. The monoisotopic (exact) mass is 167 g/mol. The molecule has 64 valence electrons. The van der Waals surface area contributed by atoms with Gasteiger partial charge in [-0.05, 0) is 12.5 Å². The molecule has 4 nitrogen and oxygen atoms in total. The second kappa shape index (κ2) is 3.21. The highest BCUT2D eigenvalue weighted by atomic mass is 16.4. The van der Waals surface area contributed by atoms with Crippen LogP contribution in [0.5, 0.6) is 5.75 Å². The van der Waals surface area contributed by atoms with Crippen LogP contribution in [-0.2, 0) is 6.42 Å². The van der Waals surface area contributed by atoms with Crippen LogP contribution in [0.15, 0.2) is 12.3 Å². The molecule has 0 aliphatic carbocycles. The number of aromatic hydroxyl groups is 1. The molecule has 0 aliphatic rings. The zero-order valence-electron chi connectivity index (χ0n) is 6.61. The summed E-state index contributed by atoms with van der Waals surface area (Å²) in [5, 5.41) is 17.7. The number of hydrogen-bond acceptors (Lipinski definition) is 3. The number of pyridine rings is 1. The summed E-state index contributed by atoms with van der Waals surface area (Å²) in [6.45, 7) is 1.84. The number of carboxylic acids is 1. The fourth-order valence-corrected chi connectivity index (χ4v) is 0.871. The van der Waals surface area contributed by atoms with E-state index in [1.54, 1.807) is 0 Å². The van der Waals surface area contributed by atoms with Crippen molar-refractivity contribution in [3.05, 3.63) is 23.5 Å². The minimum Gasteiger partial charge on any atom is -0.506 e. The van der Waals surface area contributed by atoms with Crippen LogP contribution in [0.3, 0.4) is 0 Å². The standard InChI is InChI=1S/C8H9NO3/c1-2-6-7(10)3-5(4-9-6)8(11)12/h3-4,10H,2H2,1H3,(H,11,12). The number of rotatable bonds is 2. The molecule has 0 saturated heterocycles. The van der Waals surface area contributed by atoms with Gasteiger partial charge < -0.3 is 10.2 Å². The lowest BCUT2D eigenvalue weighted by Gasteiger charge is -2.00. The minimum atomic E-state index is -1.08. The van der Waals surface area contributed by atoms with Crippen molar-refractivity contribution >= 4 is 5.97 Å². The molecule has 0 bridgehead atoms. The van der Waals surface area contributed by atoms with Gasteiger partial charge in [-0.2, -0.15) is 0 Å². The summed E-state index contributed by atoms with van der Waals surface area (Å²) in [6.07, 6.45) is 1.83. The molecule has 4 heteroatoms. The van der Waals surface area contributed by atoms with Crippen molar-refractivity contribution < 1.29 is 15.0 Å². The van der Waals surface area contributed by atoms with Crippen LogP contribution < -0.4 is 0 Å². The Bertz CT molecular complexity index is 309. The number of nitrogens with zero attached hydrogens (tertiary/aromatic N) is 1. The van der Waals surface area contributed by atoms with Gasteiger partial charge in [0.1, 0.15) is 5.75 Å². The fraction of sp³-hybridized carbons (Fsp3) is 0.250. The van der Waals surface area contributed by atoms with Gasteiger partial charge in [0.05, 0.1) is 11.3 Å². The average molecular weight is 167 g/mol. The maximum Gasteiger partial charge on any atom is 0.337 e. The van der Waals surface area contributed by atoms with Crippen molar-refractivity contribution in [3.8, 4) is 5.75 Å². The molecule has 0 spiro atoms. The zero-order valence-corrected chi connectivity index (χ0v) is 6.61. The summed E-state index contributed by atoms with van der Waals surface area (Å²) in [7, 11) is 0. The summed E-state index contributed by atoms with van der Waals surface area (Å²) < 4.78 is 0. The Morgan fingerprint density at radius 3 is 2.75 bits per heavy atom. The van der Waals surface area contributed by atoms with Gasteiger partial charge >= 0.3 is 5.97 Å². The highest BCUT2D eigenvalue weighted by Crippen LogP contribution is 2.15. The molecular formula is C8H9NO3. The molecule has 0 fully saturated rings. The predicted octanol–water partition coefficient (Wildman–Crippen LogP) is 1.05. The highest BCUT2D eigenvalue weighted by molar-refractivity contribution is 5.87. The van der Waals surface area contributed by atoms with E-state index in [0.717, 1.165) is 0 Å². The predicted molar refractivity (Wildman–Crippen MR) is 42.2 cm³/mol. The second-order valence-corrected chi connectivity index (χ2v) is 2.35. The number of aryl methyl sites for hydroxylation is 1. The third-order valence-corrected chi connectivity index (χ3v) is 1.53. The quantitative estimate of drug-likeness (QED) is 0.690. The van der Waals surface area contributed by atoms with Crippen LogP contribution in [0.2, 0.25) is 0 Å². The molecule has 1 aromatic heterocycles. The lowest BCUT2D eigenvalue weighted by Crippen LogP contribution is -1.98. The summed E-state index contributed by atoms with van der Waals surface area (Å²) >= 11 is 0. The van der Waals surface area contributed by atoms with Crippen LogP contribution in [0, 0.1) is 0 Å². The van der Waals surface area contributed by atoms with Crippen LogP contribution in [0.1, 0.15) is 23.0 Å². The van der Waals surface area contributed by atoms with E-state index in [0.29, 0.717) is 12.1 Å². The van der Waals surface area contributed by atoms with Gasteiger partial charge in [0.25, 0.3) is 0 Å². The van der Waals surface area contributed by atoms with E-state index in [4.69, 9.17) is 5.11 Å². The third-order valence-electron chi connectivity index (χ3n) is 1.53. The van der Waals surface area contributed by atoms with Crippen molar-refractivity contribution in [2.75, 3.05) is 0 Å². The molecule has 12 heavy (non-hydrogen) atoms. The second-order valence-electron chi connectivity index (χ2n) is 2.35. The molecule has 2 N–H and O–H groups in total. The summed E-state index contributed by atoms with van der Waals surface area (Å²) in [4.78, 5) is 14.2. The van der Waals surface area contributed by atoms with Gasteiger partial charge in [-0.15, -0.1) is 0 Å². The minimum absolute atomic E-state index is 0.00435. The van der Waals surface area contributed by atoms with Crippen molar-refractivity contribution in [1.82, 2.24) is 4.98 Å². The van der Waals surface area contributed by atoms with Gasteiger partial charge in [0, 0.05) is 6.20 Å². The van der Waals surface area contributed by atoms with Crippen LogP contribution in [0.25, 0.3) is 0 Å². The molecule has 0 atom stereocenters. The van der Waals surface area contributed by atoms with Crippen molar-refractivity contribution in [2.45, 2.75) is 13.3 Å². The van der Waals surface area contributed by atoms with E-state index in [1.807, 2.05) is 6.92 Å². The van der Waals surface area contributed by atoms with E-state index in [2.05, 4.69) is 4.98 Å². The van der Waals surface area contributed by atoms with E-state index in [-0.39, 0.29) is 11.3 Å². The largest absolute Gasteiger partial charge is 0.506 e. The lowest BCUT2D eigenvalue weighted by molar-refractivity contribution is 0.0696. The molecule has 0 radical (unpaired) electrons. The first-order valence-corrected chi connectivity index (χ1v) is 3.56. The Morgan fingerprint density at radius 2 is 2.33 bits per heavy atom. The maximum absolute atomic E-state index is 10.4. The molecule has 1 aromatic rings. The lowest BCUT2D eigenvalue weighted by atomic mass is 10.2. The molecule has 1 rings (SSSR count). The van der Waals surface area contributed by atoms with Gasteiger partial charge in [0.2, 0.25) is 0 Å². The van der Waals surface area contributed by atoms with E-state index >= 15 is 0 Å². The first-order chi connectivity index (χ1) is 5.65. The number of aromatic nitrogens is 1. The van der Waals surface area contributed by atoms with Gasteiger partial charge in [0.15, 0.2) is 0 Å². The smallest absolute Gasteiger partial charge is 0.337 e. The third kappa shape index (κ3) is 1.53. The van der Waals surface area contributed by atoms with Crippen LogP contribution in [-0.4, -0.2) is 21.2 Å². The molecule has 0 aromatic carbocycles. The SMILES string of the molecule is CCc1ncc(C(=O)O)cc1O. The Labute approximate surface area is 69.5 Å². The van der Waals surface area contributed by atoms with Gasteiger partial charge in [-0.3, -0.25) is 4.98 Å². The molecule has 0 unspecified atom stereocenters. The molecule has 0 saturated carbocycles. The summed E-state index contributed by atoms with van der Waals surface area (Å²) in [5.74, 6) is -1.14. The topological polar surface area (TPSA) is 70.4 Å². The maximum atomic E-state index is 10.4. The average Bonchev–Trinajstić information content (AvgIpc) is 2.04. The Kier molecular flexibility index (Phi) is 2.28. The van der Waals surface area contributed by atoms with Crippen LogP contribution in [0.4, 0.5) is 0 Å². The van der Waals surface area contributed by atoms with Gasteiger partial charge in [-0.25, -0.2) is 4.79 Å². The first kappa shape index (κ1) is 8.52. The van der Waals surface area contributed by atoms with E-state index in [1.165, 1.54) is 12.3 Å². The van der Waals surface area contributed by atoms with Gasteiger partial charge in [-0.1, -0.05) is 6.92 Å². The highest BCUT2D eigenvalue weighted by Gasteiger charge is 2.06. The zero-order chi connectivity index (χ0) is 9.14. The van der Waals surface area contributed by atoms with E-state index in [9.17, 15) is 9.90 Å². The van der Waals surface area contributed by atoms with Crippen molar-refractivity contribution in [3.63, 3.8) is 0 Å². The molecule has 0 amide bonds. The van der Waals surface area contributed by atoms with E-state index < -0.39 is 5.97 Å². The summed E-state index contributed by atoms with van der Waals surface area (Å²) in [5.41, 5.74) is 0.518. The van der Waals surface area contributed by atoms with Crippen molar-refractivity contribution in [1.29, 1.82) is 0 Å². The Balaban J connectivity index is 3.10. The Morgan fingerprint density at radius 1 is 1.67 bits per heavy atom. The van der Waals surface area contributed by atoms with Crippen LogP contribution >= 0.6 is 0 Å². The number of carbonyl (C=O) groups is 1. The Hall–Kier alpha value is -1.58. The molecule has 0 aliphatic heterocycles.